The minimum Gasteiger partial charge on any atom is -0.467 e. The summed E-state index contributed by atoms with van der Waals surface area (Å²) in [5.74, 6) is -1.96. The van der Waals surface area contributed by atoms with Gasteiger partial charge in [-0.25, -0.2) is 14.3 Å². The third kappa shape index (κ3) is 6.55. The van der Waals surface area contributed by atoms with E-state index >= 15 is 0 Å². The summed E-state index contributed by atoms with van der Waals surface area (Å²) in [6.45, 7) is 1.21. The van der Waals surface area contributed by atoms with Gasteiger partial charge in [0, 0.05) is 18.1 Å². The van der Waals surface area contributed by atoms with Gasteiger partial charge in [0.05, 0.1) is 18.5 Å². The molecule has 3 rings (SSSR count). The van der Waals surface area contributed by atoms with E-state index in [1.165, 1.54) is 19.3 Å². The lowest BCUT2D eigenvalue weighted by Gasteiger charge is -2.16. The summed E-state index contributed by atoms with van der Waals surface area (Å²) in [5.41, 5.74) is 2.81. The third-order valence-corrected chi connectivity index (χ3v) is 5.25. The van der Waals surface area contributed by atoms with Gasteiger partial charge in [-0.15, -0.1) is 0 Å². The SMILES string of the molecule is COC(=O)C(Cc1ccccc1)NC(=O)COC(=O)/C=C/c1c(C)nn(-c2ccccc2)c1Cl. The molecule has 3 aromatic rings. The van der Waals surface area contributed by atoms with Gasteiger partial charge in [0.1, 0.15) is 11.2 Å². The summed E-state index contributed by atoms with van der Waals surface area (Å²) in [6.07, 6.45) is 2.90. The molecule has 0 spiro atoms. The van der Waals surface area contributed by atoms with Gasteiger partial charge in [-0.2, -0.15) is 5.10 Å². The molecule has 0 fully saturated rings. The van der Waals surface area contributed by atoms with Crippen LogP contribution in [0.3, 0.4) is 0 Å². The van der Waals surface area contributed by atoms with Crippen molar-refractivity contribution in [2.45, 2.75) is 19.4 Å². The zero-order valence-corrected chi connectivity index (χ0v) is 19.5. The zero-order valence-electron chi connectivity index (χ0n) is 18.7. The molecule has 0 saturated heterocycles. The Morgan fingerprint density at radius 2 is 1.74 bits per heavy atom. The number of methoxy groups -OCH3 is 1. The maximum Gasteiger partial charge on any atom is 0.331 e. The van der Waals surface area contributed by atoms with Crippen LogP contribution in [-0.2, 0) is 30.3 Å². The fourth-order valence-corrected chi connectivity index (χ4v) is 3.53. The van der Waals surface area contributed by atoms with Crippen LogP contribution in [0.25, 0.3) is 11.8 Å². The van der Waals surface area contributed by atoms with Crippen LogP contribution in [0, 0.1) is 6.92 Å². The number of para-hydroxylation sites is 1. The Labute approximate surface area is 202 Å². The van der Waals surface area contributed by atoms with E-state index in [-0.39, 0.29) is 6.42 Å². The maximum atomic E-state index is 12.3. The minimum absolute atomic E-state index is 0.246. The smallest absolute Gasteiger partial charge is 0.331 e. The number of carbonyl (C=O) groups excluding carboxylic acids is 3. The number of benzene rings is 2. The highest BCUT2D eigenvalue weighted by atomic mass is 35.5. The Kier molecular flexibility index (Phi) is 8.59. The molecule has 0 radical (unpaired) electrons. The predicted octanol–water partition coefficient (Wildman–Crippen LogP) is 3.29. The van der Waals surface area contributed by atoms with Crippen molar-refractivity contribution in [3.8, 4) is 5.69 Å². The molecule has 1 unspecified atom stereocenters. The van der Waals surface area contributed by atoms with Gasteiger partial charge in [-0.05, 0) is 30.7 Å². The highest BCUT2D eigenvalue weighted by Gasteiger charge is 2.22. The molecule has 1 heterocycles. The molecule has 0 aliphatic heterocycles. The van der Waals surface area contributed by atoms with Crippen LogP contribution in [0.5, 0.6) is 0 Å². The zero-order chi connectivity index (χ0) is 24.5. The van der Waals surface area contributed by atoms with Crippen molar-refractivity contribution in [2.24, 2.45) is 0 Å². The maximum absolute atomic E-state index is 12.3. The van der Waals surface area contributed by atoms with Crippen molar-refractivity contribution in [1.82, 2.24) is 15.1 Å². The van der Waals surface area contributed by atoms with Crippen LogP contribution < -0.4 is 5.32 Å². The van der Waals surface area contributed by atoms with Crippen molar-refractivity contribution in [1.29, 1.82) is 0 Å². The molecule has 1 atom stereocenters. The highest BCUT2D eigenvalue weighted by molar-refractivity contribution is 6.31. The normalized spacial score (nSPS) is 11.7. The van der Waals surface area contributed by atoms with E-state index in [0.29, 0.717) is 16.4 Å². The molecule has 176 valence electrons. The fraction of sp³-hybridized carbons (Fsp3) is 0.200. The number of aryl methyl sites for hydroxylation is 1. The van der Waals surface area contributed by atoms with Crippen molar-refractivity contribution >= 4 is 35.5 Å². The first-order valence-electron chi connectivity index (χ1n) is 10.5. The van der Waals surface area contributed by atoms with E-state index in [9.17, 15) is 14.4 Å². The van der Waals surface area contributed by atoms with E-state index < -0.39 is 30.5 Å². The average molecular weight is 482 g/mol. The molecule has 0 aliphatic rings. The third-order valence-electron chi connectivity index (χ3n) is 4.88. The summed E-state index contributed by atoms with van der Waals surface area (Å²) in [7, 11) is 1.24. The van der Waals surface area contributed by atoms with Crippen molar-refractivity contribution < 1.29 is 23.9 Å². The Hall–Kier alpha value is -3.91. The van der Waals surface area contributed by atoms with Crippen molar-refractivity contribution in [2.75, 3.05) is 13.7 Å². The van der Waals surface area contributed by atoms with Crippen LogP contribution in [0.15, 0.2) is 66.7 Å². The van der Waals surface area contributed by atoms with Crippen molar-refractivity contribution in [3.05, 3.63) is 88.7 Å². The molecule has 0 aliphatic carbocycles. The lowest BCUT2D eigenvalue weighted by Crippen LogP contribution is -2.44. The van der Waals surface area contributed by atoms with Gasteiger partial charge in [-0.3, -0.25) is 4.79 Å². The minimum atomic E-state index is -0.903. The lowest BCUT2D eigenvalue weighted by atomic mass is 10.1. The molecule has 2 aromatic carbocycles. The predicted molar refractivity (Wildman–Crippen MR) is 127 cm³/mol. The van der Waals surface area contributed by atoms with Crippen molar-refractivity contribution in [3.63, 3.8) is 0 Å². The number of nitrogens with one attached hydrogen (secondary N) is 1. The number of carbonyl (C=O) groups is 3. The van der Waals surface area contributed by atoms with E-state index in [4.69, 9.17) is 21.1 Å². The van der Waals surface area contributed by atoms with Crippen LogP contribution in [0.4, 0.5) is 0 Å². The summed E-state index contributed by atoms with van der Waals surface area (Å²) >= 11 is 6.43. The Balaban J connectivity index is 1.57. The summed E-state index contributed by atoms with van der Waals surface area (Å²) in [6, 6.07) is 17.6. The molecule has 9 heteroatoms. The summed E-state index contributed by atoms with van der Waals surface area (Å²) in [4.78, 5) is 36.4. The van der Waals surface area contributed by atoms with E-state index in [0.717, 1.165) is 11.3 Å². The fourth-order valence-electron chi connectivity index (χ4n) is 3.20. The Morgan fingerprint density at radius 3 is 2.38 bits per heavy atom. The Bertz CT molecular complexity index is 1180. The topological polar surface area (TPSA) is 99.5 Å². The van der Waals surface area contributed by atoms with Gasteiger partial charge >= 0.3 is 11.9 Å². The van der Waals surface area contributed by atoms with Crippen LogP contribution in [0.1, 0.15) is 16.8 Å². The molecular formula is C25H24ClN3O5. The number of amides is 1. The number of ether oxygens (including phenoxy) is 2. The second-order valence-electron chi connectivity index (χ2n) is 7.31. The van der Waals surface area contributed by atoms with Gasteiger partial charge in [0.15, 0.2) is 6.61 Å². The number of nitrogens with zero attached hydrogens (tertiary/aromatic N) is 2. The Morgan fingerprint density at radius 1 is 1.09 bits per heavy atom. The van der Waals surface area contributed by atoms with Crippen LogP contribution >= 0.6 is 11.6 Å². The van der Waals surface area contributed by atoms with E-state index in [2.05, 4.69) is 10.4 Å². The van der Waals surface area contributed by atoms with Gasteiger partial charge in [0.2, 0.25) is 0 Å². The molecule has 0 saturated carbocycles. The second kappa shape index (κ2) is 11.8. The highest BCUT2D eigenvalue weighted by Crippen LogP contribution is 2.24. The molecule has 0 bridgehead atoms. The van der Waals surface area contributed by atoms with Crippen LogP contribution in [-0.4, -0.2) is 47.4 Å². The standard InChI is InChI=1S/C25H24ClN3O5/c1-17-20(24(26)29(28-17)19-11-7-4-8-12-19)13-14-23(31)34-16-22(30)27-21(25(32)33-2)15-18-9-5-3-6-10-18/h3-14,21H,15-16H2,1-2H3,(H,27,30)/b14-13+. The molecule has 1 N–H and O–H groups in total. The largest absolute Gasteiger partial charge is 0.467 e. The first-order chi connectivity index (χ1) is 16.4. The average Bonchev–Trinajstić information content (AvgIpc) is 3.14. The number of hydrogen-bond donors (Lipinski definition) is 1. The number of hydrogen-bond acceptors (Lipinski definition) is 6. The van der Waals surface area contributed by atoms with Gasteiger partial charge in [0.25, 0.3) is 5.91 Å². The van der Waals surface area contributed by atoms with E-state index in [1.807, 2.05) is 60.7 Å². The molecule has 1 amide bonds. The molecule has 34 heavy (non-hydrogen) atoms. The molecular weight excluding hydrogens is 458 g/mol. The monoisotopic (exact) mass is 481 g/mol. The number of esters is 2. The number of rotatable bonds is 9. The molecule has 8 nitrogen and oxygen atoms in total. The lowest BCUT2D eigenvalue weighted by molar-refractivity contribution is -0.147. The number of halogens is 1. The van der Waals surface area contributed by atoms with Crippen LogP contribution in [0.2, 0.25) is 5.15 Å². The quantitative estimate of drug-likeness (QED) is 0.372. The second-order valence-corrected chi connectivity index (χ2v) is 7.67. The first kappa shape index (κ1) is 24.7. The summed E-state index contributed by atoms with van der Waals surface area (Å²) in [5, 5.41) is 7.27. The van der Waals surface area contributed by atoms with Gasteiger partial charge in [-0.1, -0.05) is 60.1 Å². The molecule has 1 aromatic heterocycles. The first-order valence-corrected chi connectivity index (χ1v) is 10.8. The number of aromatic nitrogens is 2. The summed E-state index contributed by atoms with van der Waals surface area (Å²) < 4.78 is 11.3. The van der Waals surface area contributed by atoms with E-state index in [1.54, 1.807) is 11.6 Å². The van der Waals surface area contributed by atoms with Gasteiger partial charge < -0.3 is 14.8 Å².